The molecule has 0 spiro atoms. The highest BCUT2D eigenvalue weighted by Crippen LogP contribution is 2.28. The Morgan fingerprint density at radius 1 is 1.08 bits per heavy atom. The van der Waals surface area contributed by atoms with Crippen molar-refractivity contribution in [1.82, 2.24) is 5.32 Å². The molecule has 126 valence electrons. The van der Waals surface area contributed by atoms with Gasteiger partial charge in [0.1, 0.15) is 0 Å². The van der Waals surface area contributed by atoms with E-state index in [4.69, 9.17) is 4.74 Å². The van der Waals surface area contributed by atoms with Gasteiger partial charge in [-0.3, -0.25) is 4.79 Å². The highest BCUT2D eigenvalue weighted by Gasteiger charge is 2.26. The summed E-state index contributed by atoms with van der Waals surface area (Å²) in [6.45, 7) is 0.856. The first-order valence-electron chi connectivity index (χ1n) is 8.39. The Hall–Kier alpha value is -2.17. The number of amides is 1. The number of benzene rings is 2. The Morgan fingerprint density at radius 3 is 2.21 bits per heavy atom. The summed E-state index contributed by atoms with van der Waals surface area (Å²) in [6.07, 6.45) is 0.376. The smallest absolute Gasteiger partial charge is 0.221 e. The number of carbonyl (C=O) groups is 1. The van der Waals surface area contributed by atoms with Crippen LogP contribution in [-0.4, -0.2) is 36.4 Å². The normalized spacial score (nSPS) is 20.8. The van der Waals surface area contributed by atoms with Crippen LogP contribution in [0.4, 0.5) is 0 Å². The number of aliphatic hydroxyl groups excluding tert-OH is 1. The zero-order valence-electron chi connectivity index (χ0n) is 13.6. The first-order valence-corrected chi connectivity index (χ1v) is 8.39. The molecule has 0 aliphatic carbocycles. The molecule has 4 nitrogen and oxygen atoms in total. The largest absolute Gasteiger partial charge is 0.389 e. The summed E-state index contributed by atoms with van der Waals surface area (Å²) < 4.78 is 5.21. The predicted molar refractivity (Wildman–Crippen MR) is 92.7 cm³/mol. The van der Waals surface area contributed by atoms with Gasteiger partial charge in [0, 0.05) is 18.9 Å². The highest BCUT2D eigenvalue weighted by molar-refractivity contribution is 5.78. The average molecular weight is 325 g/mol. The molecule has 3 rings (SSSR count). The molecule has 2 atom stereocenters. The van der Waals surface area contributed by atoms with E-state index in [9.17, 15) is 9.90 Å². The van der Waals surface area contributed by atoms with E-state index in [1.807, 2.05) is 60.7 Å². The lowest BCUT2D eigenvalue weighted by Crippen LogP contribution is -2.48. The van der Waals surface area contributed by atoms with Gasteiger partial charge >= 0.3 is 0 Å². The van der Waals surface area contributed by atoms with Gasteiger partial charge in [-0.25, -0.2) is 0 Å². The third-order valence-electron chi connectivity index (χ3n) is 4.47. The molecule has 2 aromatic rings. The van der Waals surface area contributed by atoms with Gasteiger partial charge in [-0.05, 0) is 17.5 Å². The summed E-state index contributed by atoms with van der Waals surface area (Å²) in [5.41, 5.74) is 2.23. The molecule has 1 heterocycles. The molecule has 0 unspecified atom stereocenters. The van der Waals surface area contributed by atoms with E-state index in [1.54, 1.807) is 0 Å². The fraction of sp³-hybridized carbons (Fsp3) is 0.350. The second-order valence-electron chi connectivity index (χ2n) is 6.18. The number of aliphatic hydroxyl groups is 1. The maximum atomic E-state index is 12.6. The van der Waals surface area contributed by atoms with Crippen LogP contribution in [0.15, 0.2) is 60.7 Å². The van der Waals surface area contributed by atoms with Crippen LogP contribution >= 0.6 is 0 Å². The van der Waals surface area contributed by atoms with Crippen molar-refractivity contribution in [3.63, 3.8) is 0 Å². The van der Waals surface area contributed by atoms with Gasteiger partial charge in [0.2, 0.25) is 5.91 Å². The first-order chi connectivity index (χ1) is 11.7. The topological polar surface area (TPSA) is 58.6 Å². The quantitative estimate of drug-likeness (QED) is 0.888. The lowest BCUT2D eigenvalue weighted by Gasteiger charge is -2.29. The van der Waals surface area contributed by atoms with Gasteiger partial charge in [0.25, 0.3) is 0 Å². The molecule has 1 aliphatic heterocycles. The Morgan fingerprint density at radius 2 is 1.67 bits per heavy atom. The lowest BCUT2D eigenvalue weighted by molar-refractivity contribution is -0.124. The Kier molecular flexibility index (Phi) is 5.62. The zero-order chi connectivity index (χ0) is 16.8. The molecular weight excluding hydrogens is 302 g/mol. The van der Waals surface area contributed by atoms with Crippen molar-refractivity contribution < 1.29 is 14.6 Å². The molecule has 0 bridgehead atoms. The van der Waals surface area contributed by atoms with E-state index in [0.29, 0.717) is 19.4 Å². The van der Waals surface area contributed by atoms with Crippen molar-refractivity contribution >= 4 is 5.91 Å². The SMILES string of the molecule is O=C(CC(c1ccccc1)c1ccccc1)N[C@@H]1CCOC[C@H]1O. The van der Waals surface area contributed by atoms with E-state index < -0.39 is 6.10 Å². The predicted octanol–water partition coefficient (Wildman–Crippen LogP) is 2.47. The summed E-state index contributed by atoms with van der Waals surface area (Å²) in [7, 11) is 0. The van der Waals surface area contributed by atoms with Crippen LogP contribution in [0.2, 0.25) is 0 Å². The number of ether oxygens (including phenoxy) is 1. The van der Waals surface area contributed by atoms with Crippen LogP contribution in [0.1, 0.15) is 29.9 Å². The molecule has 4 heteroatoms. The number of carbonyl (C=O) groups excluding carboxylic acids is 1. The summed E-state index contributed by atoms with van der Waals surface area (Å²) in [5.74, 6) is -0.0389. The van der Waals surface area contributed by atoms with Crippen LogP contribution in [-0.2, 0) is 9.53 Å². The van der Waals surface area contributed by atoms with Crippen molar-refractivity contribution in [3.8, 4) is 0 Å². The average Bonchev–Trinajstić information content (AvgIpc) is 2.63. The van der Waals surface area contributed by atoms with Crippen molar-refractivity contribution in [1.29, 1.82) is 0 Å². The Labute approximate surface area is 142 Å². The van der Waals surface area contributed by atoms with E-state index in [0.717, 1.165) is 11.1 Å². The minimum atomic E-state index is -0.630. The third kappa shape index (κ3) is 4.22. The molecule has 0 radical (unpaired) electrons. The van der Waals surface area contributed by atoms with Crippen LogP contribution in [0.25, 0.3) is 0 Å². The van der Waals surface area contributed by atoms with Gasteiger partial charge < -0.3 is 15.2 Å². The van der Waals surface area contributed by atoms with Gasteiger partial charge in [-0.2, -0.15) is 0 Å². The van der Waals surface area contributed by atoms with Crippen LogP contribution in [0.5, 0.6) is 0 Å². The fourth-order valence-corrected chi connectivity index (χ4v) is 3.14. The van der Waals surface area contributed by atoms with E-state index >= 15 is 0 Å². The Balaban J connectivity index is 1.73. The molecule has 1 fully saturated rings. The van der Waals surface area contributed by atoms with Gasteiger partial charge in [-0.15, -0.1) is 0 Å². The first kappa shape index (κ1) is 16.7. The van der Waals surface area contributed by atoms with Crippen LogP contribution in [0.3, 0.4) is 0 Å². The maximum absolute atomic E-state index is 12.6. The molecular formula is C20H23NO3. The van der Waals surface area contributed by atoms with E-state index in [1.165, 1.54) is 0 Å². The van der Waals surface area contributed by atoms with E-state index in [2.05, 4.69) is 5.32 Å². The summed E-state index contributed by atoms with van der Waals surface area (Å²) in [4.78, 5) is 12.6. The second-order valence-corrected chi connectivity index (χ2v) is 6.18. The van der Waals surface area contributed by atoms with Crippen molar-refractivity contribution in [2.24, 2.45) is 0 Å². The number of nitrogens with one attached hydrogen (secondary N) is 1. The molecule has 2 aromatic carbocycles. The maximum Gasteiger partial charge on any atom is 0.221 e. The number of rotatable bonds is 5. The monoisotopic (exact) mass is 325 g/mol. The fourth-order valence-electron chi connectivity index (χ4n) is 3.14. The van der Waals surface area contributed by atoms with Crippen LogP contribution in [0, 0.1) is 0 Å². The van der Waals surface area contributed by atoms with Gasteiger partial charge in [0.05, 0.1) is 18.8 Å². The molecule has 2 N–H and O–H groups in total. The zero-order valence-corrected chi connectivity index (χ0v) is 13.6. The number of hydrogen-bond acceptors (Lipinski definition) is 3. The van der Waals surface area contributed by atoms with Gasteiger partial charge in [0.15, 0.2) is 0 Å². The van der Waals surface area contributed by atoms with Crippen molar-refractivity contribution in [2.45, 2.75) is 30.9 Å². The standard InChI is InChI=1S/C20H23NO3/c22-19-14-24-12-11-18(19)21-20(23)13-17(15-7-3-1-4-8-15)16-9-5-2-6-10-16/h1-10,17-19,22H,11-14H2,(H,21,23)/t18-,19-/m1/s1. The van der Waals surface area contributed by atoms with Gasteiger partial charge in [-0.1, -0.05) is 60.7 Å². The molecule has 0 saturated carbocycles. The summed E-state index contributed by atoms with van der Waals surface area (Å²) in [6, 6.07) is 19.9. The van der Waals surface area contributed by atoms with Crippen molar-refractivity contribution in [2.75, 3.05) is 13.2 Å². The molecule has 1 aliphatic rings. The molecule has 24 heavy (non-hydrogen) atoms. The summed E-state index contributed by atoms with van der Waals surface area (Å²) in [5, 5.41) is 12.9. The molecule has 1 saturated heterocycles. The lowest BCUT2D eigenvalue weighted by atomic mass is 9.88. The summed E-state index contributed by atoms with van der Waals surface area (Å²) >= 11 is 0. The van der Waals surface area contributed by atoms with Crippen molar-refractivity contribution in [3.05, 3.63) is 71.8 Å². The molecule has 1 amide bonds. The Bertz CT molecular complexity index is 605. The highest BCUT2D eigenvalue weighted by atomic mass is 16.5. The second kappa shape index (κ2) is 8.08. The molecule has 0 aromatic heterocycles. The minimum Gasteiger partial charge on any atom is -0.389 e. The van der Waals surface area contributed by atoms with Crippen LogP contribution < -0.4 is 5.32 Å². The van der Waals surface area contributed by atoms with E-state index in [-0.39, 0.29) is 24.5 Å². The number of hydrogen-bond donors (Lipinski definition) is 2. The minimum absolute atomic E-state index is 0.00406. The third-order valence-corrected chi connectivity index (χ3v) is 4.47.